The van der Waals surface area contributed by atoms with E-state index >= 15 is 0 Å². The normalized spacial score (nSPS) is 11.5. The lowest BCUT2D eigenvalue weighted by Gasteiger charge is -2.05. The summed E-state index contributed by atoms with van der Waals surface area (Å²) in [4.78, 5) is 4.07. The SMILES string of the molecule is O=S(=O)(c1ccc(Cl)cc1)c1nc(-c2ccccc2F)oc1NCc1ccco1. The van der Waals surface area contributed by atoms with Gasteiger partial charge in [-0.2, -0.15) is 4.98 Å². The number of benzene rings is 2. The van der Waals surface area contributed by atoms with Gasteiger partial charge in [-0.15, -0.1) is 0 Å². The highest BCUT2D eigenvalue weighted by Gasteiger charge is 2.29. The van der Waals surface area contributed by atoms with Crippen molar-refractivity contribution in [3.05, 3.63) is 83.5 Å². The molecule has 0 saturated carbocycles. The molecule has 0 radical (unpaired) electrons. The number of anilines is 1. The maximum Gasteiger partial charge on any atom is 0.234 e. The lowest BCUT2D eigenvalue weighted by Crippen LogP contribution is -2.07. The molecule has 2 aromatic heterocycles. The van der Waals surface area contributed by atoms with Gasteiger partial charge in [-0.3, -0.25) is 0 Å². The molecule has 0 aliphatic rings. The highest BCUT2D eigenvalue weighted by atomic mass is 35.5. The summed E-state index contributed by atoms with van der Waals surface area (Å²) in [6, 6.07) is 14.9. The highest BCUT2D eigenvalue weighted by Crippen LogP contribution is 2.33. The number of furan rings is 1. The van der Waals surface area contributed by atoms with Gasteiger partial charge in [0.2, 0.25) is 26.6 Å². The summed E-state index contributed by atoms with van der Waals surface area (Å²) < 4.78 is 51.3. The summed E-state index contributed by atoms with van der Waals surface area (Å²) >= 11 is 5.85. The Hall–Kier alpha value is -3.10. The van der Waals surface area contributed by atoms with Crippen LogP contribution in [0.5, 0.6) is 0 Å². The molecule has 0 amide bonds. The number of nitrogens with one attached hydrogen (secondary N) is 1. The molecule has 0 bridgehead atoms. The minimum absolute atomic E-state index is 0.0173. The average Bonchev–Trinajstić information content (AvgIpc) is 3.37. The van der Waals surface area contributed by atoms with E-state index in [1.807, 2.05) is 0 Å². The first-order chi connectivity index (χ1) is 13.9. The van der Waals surface area contributed by atoms with Gasteiger partial charge in [0.1, 0.15) is 11.6 Å². The monoisotopic (exact) mass is 432 g/mol. The molecule has 9 heteroatoms. The van der Waals surface area contributed by atoms with Gasteiger partial charge >= 0.3 is 0 Å². The fourth-order valence-corrected chi connectivity index (χ4v) is 4.06. The maximum atomic E-state index is 14.2. The summed E-state index contributed by atoms with van der Waals surface area (Å²) in [5, 5.41) is 2.90. The van der Waals surface area contributed by atoms with E-state index in [4.69, 9.17) is 20.4 Å². The van der Waals surface area contributed by atoms with E-state index in [9.17, 15) is 12.8 Å². The van der Waals surface area contributed by atoms with E-state index in [-0.39, 0.29) is 33.8 Å². The van der Waals surface area contributed by atoms with E-state index in [2.05, 4.69) is 10.3 Å². The first kappa shape index (κ1) is 19.2. The molecule has 0 unspecified atom stereocenters. The lowest BCUT2D eigenvalue weighted by atomic mass is 10.2. The number of hydrogen-bond donors (Lipinski definition) is 1. The molecular formula is C20H14ClFN2O4S. The van der Waals surface area contributed by atoms with Gasteiger partial charge < -0.3 is 14.2 Å². The Kier molecular flexibility index (Phi) is 5.12. The molecule has 4 rings (SSSR count). The van der Waals surface area contributed by atoms with Crippen LogP contribution in [0.3, 0.4) is 0 Å². The van der Waals surface area contributed by atoms with Crippen LogP contribution in [-0.4, -0.2) is 13.4 Å². The molecule has 2 heterocycles. The van der Waals surface area contributed by atoms with Crippen molar-refractivity contribution in [1.82, 2.24) is 4.98 Å². The third-order valence-corrected chi connectivity index (χ3v) is 6.01. The van der Waals surface area contributed by atoms with Crippen LogP contribution in [0.15, 0.2) is 85.7 Å². The number of nitrogens with zero attached hydrogens (tertiary/aromatic N) is 1. The predicted molar refractivity (Wildman–Crippen MR) is 105 cm³/mol. The Morgan fingerprint density at radius 2 is 1.79 bits per heavy atom. The number of oxazole rings is 1. The maximum absolute atomic E-state index is 14.2. The Bertz CT molecular complexity index is 1240. The smallest absolute Gasteiger partial charge is 0.234 e. The standard InChI is InChI=1S/C20H14ClFN2O4S/c21-13-7-9-15(10-8-13)29(25,26)20-19(23-12-14-4-3-11-27-14)28-18(24-20)16-5-1-2-6-17(16)22/h1-11,23H,12H2. The van der Waals surface area contributed by atoms with Crippen LogP contribution in [0.2, 0.25) is 5.02 Å². The molecule has 0 fully saturated rings. The first-order valence-corrected chi connectivity index (χ1v) is 10.3. The molecule has 0 saturated heterocycles. The summed E-state index contributed by atoms with van der Waals surface area (Å²) in [7, 11) is -4.06. The van der Waals surface area contributed by atoms with E-state index < -0.39 is 15.7 Å². The largest absolute Gasteiger partial charge is 0.467 e. The Labute approximate surface area is 170 Å². The molecule has 4 aromatic rings. The first-order valence-electron chi connectivity index (χ1n) is 8.48. The van der Waals surface area contributed by atoms with Crippen LogP contribution in [-0.2, 0) is 16.4 Å². The van der Waals surface area contributed by atoms with Gasteiger partial charge in [-0.25, -0.2) is 12.8 Å². The molecule has 1 N–H and O–H groups in total. The second-order valence-corrected chi connectivity index (χ2v) is 8.32. The molecule has 0 aliphatic heterocycles. The van der Waals surface area contributed by atoms with Crippen LogP contribution in [0, 0.1) is 5.82 Å². The summed E-state index contributed by atoms with van der Waals surface area (Å²) in [6.07, 6.45) is 1.49. The second-order valence-electron chi connectivity index (χ2n) is 6.02. The zero-order valence-electron chi connectivity index (χ0n) is 14.8. The molecule has 0 aliphatic carbocycles. The molecule has 2 aromatic carbocycles. The van der Waals surface area contributed by atoms with Gasteiger partial charge in [0, 0.05) is 5.02 Å². The molecule has 148 valence electrons. The van der Waals surface area contributed by atoms with Crippen molar-refractivity contribution in [2.45, 2.75) is 16.5 Å². The fraction of sp³-hybridized carbons (Fsp3) is 0.0500. The van der Waals surface area contributed by atoms with Crippen LogP contribution < -0.4 is 5.32 Å². The van der Waals surface area contributed by atoms with Crippen LogP contribution >= 0.6 is 11.6 Å². The van der Waals surface area contributed by atoms with Crippen LogP contribution in [0.25, 0.3) is 11.5 Å². The van der Waals surface area contributed by atoms with Crippen LogP contribution in [0.1, 0.15) is 5.76 Å². The average molecular weight is 433 g/mol. The van der Waals surface area contributed by atoms with Crippen LogP contribution in [0.4, 0.5) is 10.3 Å². The number of halogens is 2. The summed E-state index contributed by atoms with van der Waals surface area (Å²) in [5.41, 5.74) is 0.0473. The van der Waals surface area contributed by atoms with Gasteiger partial charge in [0.15, 0.2) is 0 Å². The number of rotatable bonds is 6. The highest BCUT2D eigenvalue weighted by molar-refractivity contribution is 7.91. The van der Waals surface area contributed by atoms with Gasteiger partial charge in [-0.1, -0.05) is 23.7 Å². The van der Waals surface area contributed by atoms with Crippen molar-refractivity contribution in [2.75, 3.05) is 5.32 Å². The van der Waals surface area contributed by atoms with Gasteiger partial charge in [-0.05, 0) is 48.5 Å². The number of aromatic nitrogens is 1. The topological polar surface area (TPSA) is 85.3 Å². The Morgan fingerprint density at radius 1 is 1.03 bits per heavy atom. The summed E-state index contributed by atoms with van der Waals surface area (Å²) in [6.45, 7) is 0.155. The van der Waals surface area contributed by atoms with Crippen molar-refractivity contribution < 1.29 is 21.6 Å². The van der Waals surface area contributed by atoms with Gasteiger partial charge in [0.25, 0.3) is 0 Å². The zero-order valence-corrected chi connectivity index (χ0v) is 16.4. The van der Waals surface area contributed by atoms with E-state index in [1.54, 1.807) is 18.2 Å². The molecule has 0 spiro atoms. The van der Waals surface area contributed by atoms with Crippen molar-refractivity contribution in [3.8, 4) is 11.5 Å². The minimum atomic E-state index is -4.06. The van der Waals surface area contributed by atoms with Crippen molar-refractivity contribution in [3.63, 3.8) is 0 Å². The Morgan fingerprint density at radius 3 is 2.48 bits per heavy atom. The number of sulfone groups is 1. The van der Waals surface area contributed by atoms with Crippen molar-refractivity contribution in [1.29, 1.82) is 0 Å². The second kappa shape index (κ2) is 7.73. The van der Waals surface area contributed by atoms with Crippen molar-refractivity contribution >= 4 is 27.3 Å². The zero-order chi connectivity index (χ0) is 20.4. The quantitative estimate of drug-likeness (QED) is 0.452. The molecule has 0 atom stereocenters. The van der Waals surface area contributed by atoms with Crippen molar-refractivity contribution in [2.24, 2.45) is 0 Å². The third kappa shape index (κ3) is 3.90. The van der Waals surface area contributed by atoms with E-state index in [0.717, 1.165) is 0 Å². The van der Waals surface area contributed by atoms with E-state index in [0.29, 0.717) is 10.8 Å². The predicted octanol–water partition coefficient (Wildman–Crippen LogP) is 5.17. The minimum Gasteiger partial charge on any atom is -0.467 e. The third-order valence-electron chi connectivity index (χ3n) is 4.08. The molecular weight excluding hydrogens is 419 g/mol. The fourth-order valence-electron chi connectivity index (χ4n) is 2.66. The molecule has 6 nitrogen and oxygen atoms in total. The Balaban J connectivity index is 1.80. The molecule has 29 heavy (non-hydrogen) atoms. The summed E-state index contributed by atoms with van der Waals surface area (Å²) in [5.74, 6) is -0.294. The number of hydrogen-bond acceptors (Lipinski definition) is 6. The van der Waals surface area contributed by atoms with Gasteiger partial charge in [0.05, 0.1) is 23.3 Å². The lowest BCUT2D eigenvalue weighted by molar-refractivity contribution is 0.510. The van der Waals surface area contributed by atoms with E-state index in [1.165, 1.54) is 48.7 Å².